The topological polar surface area (TPSA) is 18.5 Å². The lowest BCUT2D eigenvalue weighted by molar-refractivity contribution is 0.340. The molecule has 3 rings (SSSR count). The minimum absolute atomic E-state index is 0.0574. The van der Waals surface area contributed by atoms with Crippen molar-refractivity contribution in [1.82, 2.24) is 0 Å². The van der Waals surface area contributed by atoms with Gasteiger partial charge in [-0.15, -0.1) is 6.42 Å². The van der Waals surface area contributed by atoms with Crippen LogP contribution in [-0.2, 0) is 17.3 Å². The van der Waals surface area contributed by atoms with Crippen LogP contribution in [-0.4, -0.2) is 6.61 Å². The third kappa shape index (κ3) is 6.41. The molecule has 0 aliphatic rings. The van der Waals surface area contributed by atoms with E-state index in [1.165, 1.54) is 11.6 Å². The summed E-state index contributed by atoms with van der Waals surface area (Å²) in [7, 11) is 0. The predicted octanol–water partition coefficient (Wildman–Crippen LogP) is 8.23. The maximum atomic E-state index is 14.4. The summed E-state index contributed by atoms with van der Waals surface area (Å²) in [6.45, 7) is 11.2. The number of benzene rings is 3. The van der Waals surface area contributed by atoms with E-state index in [-0.39, 0.29) is 22.4 Å². The average molecular weight is 459 g/mol. The van der Waals surface area contributed by atoms with E-state index in [2.05, 4.69) is 33.6 Å². The highest BCUT2D eigenvalue weighted by Crippen LogP contribution is 2.32. The maximum absolute atomic E-state index is 14.4. The normalized spacial score (nSPS) is 13.1. The molecule has 178 valence electrons. The first-order chi connectivity index (χ1) is 16.1. The second-order valence-electron chi connectivity index (χ2n) is 9.93. The molecule has 0 fully saturated rings. The Balaban J connectivity index is 1.65. The minimum atomic E-state index is -0.376. The molecule has 0 aromatic heterocycles. The number of hydrogen-bond donors (Lipinski definition) is 0. The third-order valence-electron chi connectivity index (χ3n) is 6.21. The highest BCUT2D eigenvalue weighted by Gasteiger charge is 2.23. The van der Waals surface area contributed by atoms with Crippen LogP contribution in [0.3, 0.4) is 0 Å². The van der Waals surface area contributed by atoms with Gasteiger partial charge in [0.2, 0.25) is 0 Å². The molecule has 2 nitrogen and oxygen atoms in total. The Labute approximate surface area is 204 Å². The molecule has 1 atom stereocenters. The molecule has 0 bridgehead atoms. The summed E-state index contributed by atoms with van der Waals surface area (Å²) in [6.07, 6.45) is 8.41. The first kappa shape index (κ1) is 25.4. The van der Waals surface area contributed by atoms with Crippen LogP contribution >= 0.6 is 0 Å². The first-order valence-corrected chi connectivity index (χ1v) is 11.9. The lowest BCUT2D eigenvalue weighted by Crippen LogP contribution is -2.19. The second kappa shape index (κ2) is 10.8. The van der Waals surface area contributed by atoms with E-state index in [0.717, 1.165) is 36.1 Å². The van der Waals surface area contributed by atoms with Crippen molar-refractivity contribution < 1.29 is 13.9 Å². The van der Waals surface area contributed by atoms with Crippen LogP contribution in [0.5, 0.6) is 17.2 Å². The van der Waals surface area contributed by atoms with Gasteiger partial charge in [0, 0.05) is 0 Å². The number of ether oxygens (including phenoxy) is 2. The molecular formula is C31H35FO2. The molecule has 3 heteroatoms. The Bertz CT molecular complexity index is 1120. The molecule has 0 aliphatic carbocycles. The van der Waals surface area contributed by atoms with Gasteiger partial charge < -0.3 is 9.47 Å². The van der Waals surface area contributed by atoms with E-state index in [1.807, 2.05) is 61.5 Å². The lowest BCUT2D eigenvalue weighted by Gasteiger charge is -2.24. The van der Waals surface area contributed by atoms with Crippen molar-refractivity contribution in [1.29, 1.82) is 0 Å². The fraction of sp³-hybridized carbons (Fsp3) is 0.355. The van der Waals surface area contributed by atoms with Crippen molar-refractivity contribution >= 4 is 0 Å². The SMILES string of the molecule is C#CC(C)(CCCc1ccc(F)c(Oc2ccc(C(C)(C)C)cc2)c1)c1ccc(OCC)cc1. The molecule has 3 aromatic carbocycles. The first-order valence-electron chi connectivity index (χ1n) is 11.9. The number of hydrogen-bond acceptors (Lipinski definition) is 2. The largest absolute Gasteiger partial charge is 0.494 e. The predicted molar refractivity (Wildman–Crippen MR) is 138 cm³/mol. The van der Waals surface area contributed by atoms with E-state index in [4.69, 9.17) is 15.9 Å². The molecule has 0 amide bonds. The molecular weight excluding hydrogens is 423 g/mol. The monoisotopic (exact) mass is 458 g/mol. The molecule has 0 saturated carbocycles. The van der Waals surface area contributed by atoms with Crippen LogP contribution in [0.25, 0.3) is 0 Å². The van der Waals surface area contributed by atoms with Gasteiger partial charge in [-0.25, -0.2) is 4.39 Å². The van der Waals surface area contributed by atoms with Crippen LogP contribution in [0.15, 0.2) is 66.7 Å². The Morgan fingerprint density at radius 3 is 2.06 bits per heavy atom. The molecule has 0 N–H and O–H groups in total. The van der Waals surface area contributed by atoms with Gasteiger partial charge in [-0.05, 0) is 91.6 Å². The molecule has 0 heterocycles. The Morgan fingerprint density at radius 2 is 1.47 bits per heavy atom. The summed E-state index contributed by atoms with van der Waals surface area (Å²) in [5, 5.41) is 0. The van der Waals surface area contributed by atoms with Crippen molar-refractivity contribution in [3.63, 3.8) is 0 Å². The van der Waals surface area contributed by atoms with Crippen molar-refractivity contribution in [2.45, 2.75) is 64.7 Å². The molecule has 0 aliphatic heterocycles. The zero-order chi connectivity index (χ0) is 24.8. The van der Waals surface area contributed by atoms with Gasteiger partial charge in [-0.2, -0.15) is 0 Å². The van der Waals surface area contributed by atoms with Gasteiger partial charge in [0.1, 0.15) is 11.5 Å². The number of terminal acetylenes is 1. The summed E-state index contributed by atoms with van der Waals surface area (Å²) in [4.78, 5) is 0. The van der Waals surface area contributed by atoms with E-state index in [9.17, 15) is 4.39 Å². The van der Waals surface area contributed by atoms with Crippen LogP contribution in [0, 0.1) is 18.2 Å². The summed E-state index contributed by atoms with van der Waals surface area (Å²) in [5.41, 5.74) is 3.01. The van der Waals surface area contributed by atoms with Gasteiger partial charge in [-0.3, -0.25) is 0 Å². The van der Waals surface area contributed by atoms with Crippen molar-refractivity contribution in [3.8, 4) is 29.6 Å². The van der Waals surface area contributed by atoms with Gasteiger partial charge in [0.15, 0.2) is 11.6 Å². The molecule has 3 aromatic rings. The number of rotatable bonds is 9. The summed E-state index contributed by atoms with van der Waals surface area (Å²) >= 11 is 0. The Morgan fingerprint density at radius 1 is 0.853 bits per heavy atom. The molecule has 0 spiro atoms. The quantitative estimate of drug-likeness (QED) is 0.301. The third-order valence-corrected chi connectivity index (χ3v) is 6.21. The minimum Gasteiger partial charge on any atom is -0.494 e. The molecule has 0 radical (unpaired) electrons. The van der Waals surface area contributed by atoms with Crippen LogP contribution < -0.4 is 9.47 Å². The summed E-state index contributed by atoms with van der Waals surface area (Å²) in [6, 6.07) is 20.9. The zero-order valence-corrected chi connectivity index (χ0v) is 21.0. The Kier molecular flexibility index (Phi) is 8.05. The zero-order valence-electron chi connectivity index (χ0n) is 21.0. The van der Waals surface area contributed by atoms with E-state index in [1.54, 1.807) is 6.07 Å². The molecule has 0 saturated heterocycles. The van der Waals surface area contributed by atoms with E-state index in [0.29, 0.717) is 12.4 Å². The smallest absolute Gasteiger partial charge is 0.165 e. The molecule has 34 heavy (non-hydrogen) atoms. The van der Waals surface area contributed by atoms with Gasteiger partial charge >= 0.3 is 0 Å². The van der Waals surface area contributed by atoms with Gasteiger partial charge in [0.25, 0.3) is 0 Å². The van der Waals surface area contributed by atoms with Crippen molar-refractivity contribution in [2.75, 3.05) is 6.61 Å². The van der Waals surface area contributed by atoms with Crippen LogP contribution in [0.4, 0.5) is 4.39 Å². The number of aryl methyl sites for hydroxylation is 1. The van der Waals surface area contributed by atoms with Gasteiger partial charge in [0.05, 0.1) is 12.0 Å². The average Bonchev–Trinajstić information content (AvgIpc) is 2.81. The van der Waals surface area contributed by atoms with Crippen molar-refractivity contribution in [2.24, 2.45) is 0 Å². The van der Waals surface area contributed by atoms with E-state index < -0.39 is 0 Å². The second-order valence-corrected chi connectivity index (χ2v) is 9.93. The van der Waals surface area contributed by atoms with Crippen LogP contribution in [0.2, 0.25) is 0 Å². The van der Waals surface area contributed by atoms with E-state index >= 15 is 0 Å². The number of halogens is 1. The molecule has 1 unspecified atom stereocenters. The summed E-state index contributed by atoms with van der Waals surface area (Å²) < 4.78 is 25.8. The van der Waals surface area contributed by atoms with Crippen molar-refractivity contribution in [3.05, 3.63) is 89.2 Å². The van der Waals surface area contributed by atoms with Crippen LogP contribution in [0.1, 0.15) is 64.2 Å². The summed E-state index contributed by atoms with van der Waals surface area (Å²) in [5.74, 6) is 4.32. The Hall–Kier alpha value is -3.25. The highest BCUT2D eigenvalue weighted by atomic mass is 19.1. The van der Waals surface area contributed by atoms with Gasteiger partial charge in [-0.1, -0.05) is 57.0 Å². The lowest BCUT2D eigenvalue weighted by atomic mass is 9.78. The fourth-order valence-corrected chi connectivity index (χ4v) is 3.96. The highest BCUT2D eigenvalue weighted by molar-refractivity contribution is 5.39. The standard InChI is InChI=1S/C31H35FO2/c1-7-31(6,25-14-16-26(17-15-25)33-8-2)21-9-10-23-11-20-28(32)29(22-23)34-27-18-12-24(13-19-27)30(3,4)5/h1,11-20,22H,8-10,21H2,2-6H3. The maximum Gasteiger partial charge on any atom is 0.165 e. The fourth-order valence-electron chi connectivity index (χ4n) is 3.96.